The minimum Gasteiger partial charge on any atom is -0.444 e. The lowest BCUT2D eigenvalue weighted by Crippen LogP contribution is -2.27. The number of carbonyl (C=O) groups is 3. The highest BCUT2D eigenvalue weighted by Gasteiger charge is 2.39. The van der Waals surface area contributed by atoms with Gasteiger partial charge in [0.2, 0.25) is 5.91 Å². The average Bonchev–Trinajstić information content (AvgIpc) is 3.39. The molecule has 1 aliphatic rings. The number of nitrogens with one attached hydrogen (secondary N) is 3. The lowest BCUT2D eigenvalue weighted by molar-refractivity contribution is -0.117. The maximum atomic E-state index is 13.8. The van der Waals surface area contributed by atoms with Crippen LogP contribution in [-0.2, 0) is 9.53 Å². The van der Waals surface area contributed by atoms with Gasteiger partial charge in [-0.05, 0) is 69.5 Å². The summed E-state index contributed by atoms with van der Waals surface area (Å²) in [6, 6.07) is 10.1. The zero-order valence-corrected chi connectivity index (χ0v) is 17.9. The molecular weight excluding hydrogens is 401 g/mol. The molecule has 2 aromatic rings. The highest BCUT2D eigenvalue weighted by molar-refractivity contribution is 6.07. The number of amides is 3. The van der Waals surface area contributed by atoms with Crippen LogP contribution in [-0.4, -0.2) is 23.5 Å². The lowest BCUT2D eigenvalue weighted by Gasteiger charge is -2.20. The Hall–Kier alpha value is -3.42. The lowest BCUT2D eigenvalue weighted by atomic mass is 10.1. The molecule has 1 aliphatic carbocycles. The van der Waals surface area contributed by atoms with Crippen molar-refractivity contribution in [2.45, 2.75) is 39.7 Å². The van der Waals surface area contributed by atoms with E-state index in [1.165, 1.54) is 6.07 Å². The summed E-state index contributed by atoms with van der Waals surface area (Å²) in [5.41, 5.74) is 0.335. The number of rotatable bonds is 5. The number of hydrogen-bond acceptors (Lipinski definition) is 4. The number of ether oxygens (including phenoxy) is 1. The van der Waals surface area contributed by atoms with Crippen molar-refractivity contribution >= 4 is 35.0 Å². The number of anilines is 3. The molecule has 0 radical (unpaired) electrons. The van der Waals surface area contributed by atoms with E-state index in [-0.39, 0.29) is 28.8 Å². The van der Waals surface area contributed by atoms with Crippen LogP contribution in [0.2, 0.25) is 0 Å². The van der Waals surface area contributed by atoms with Crippen molar-refractivity contribution in [1.82, 2.24) is 0 Å². The van der Waals surface area contributed by atoms with Crippen molar-refractivity contribution in [3.63, 3.8) is 0 Å². The monoisotopic (exact) mass is 427 g/mol. The third-order valence-corrected chi connectivity index (χ3v) is 4.70. The van der Waals surface area contributed by atoms with E-state index in [4.69, 9.17) is 4.74 Å². The third kappa shape index (κ3) is 6.28. The van der Waals surface area contributed by atoms with E-state index >= 15 is 0 Å². The van der Waals surface area contributed by atoms with E-state index < -0.39 is 23.4 Å². The number of hydrogen-bond donors (Lipinski definition) is 3. The van der Waals surface area contributed by atoms with Crippen molar-refractivity contribution in [1.29, 1.82) is 0 Å². The SMILES string of the molecule is CC1CC1C(=O)Nc1cccc(C(=O)Nc2cc(F)ccc2NC(=O)OC(C)(C)C)c1. The van der Waals surface area contributed by atoms with Gasteiger partial charge in [0.1, 0.15) is 11.4 Å². The molecule has 0 aromatic heterocycles. The first-order valence-corrected chi connectivity index (χ1v) is 10.0. The molecule has 1 saturated carbocycles. The largest absolute Gasteiger partial charge is 0.444 e. The van der Waals surface area contributed by atoms with E-state index in [0.717, 1.165) is 18.6 Å². The quantitative estimate of drug-likeness (QED) is 0.624. The van der Waals surface area contributed by atoms with E-state index in [1.807, 2.05) is 6.92 Å². The van der Waals surface area contributed by atoms with Crippen LogP contribution in [0.5, 0.6) is 0 Å². The van der Waals surface area contributed by atoms with E-state index in [1.54, 1.807) is 45.0 Å². The molecule has 1 fully saturated rings. The van der Waals surface area contributed by atoms with Crippen LogP contribution in [0.4, 0.5) is 26.2 Å². The van der Waals surface area contributed by atoms with Crippen molar-refractivity contribution in [3.05, 3.63) is 53.8 Å². The molecule has 3 N–H and O–H groups in total. The van der Waals surface area contributed by atoms with Gasteiger partial charge < -0.3 is 15.4 Å². The normalized spacial score (nSPS) is 17.5. The molecule has 31 heavy (non-hydrogen) atoms. The van der Waals surface area contributed by atoms with Crippen molar-refractivity contribution < 1.29 is 23.5 Å². The molecule has 8 heteroatoms. The number of halogens is 1. The van der Waals surface area contributed by atoms with Gasteiger partial charge in [-0.15, -0.1) is 0 Å². The molecule has 2 unspecified atom stereocenters. The second-order valence-corrected chi connectivity index (χ2v) is 8.66. The van der Waals surface area contributed by atoms with Gasteiger partial charge in [0.25, 0.3) is 5.91 Å². The van der Waals surface area contributed by atoms with Gasteiger partial charge >= 0.3 is 6.09 Å². The van der Waals surface area contributed by atoms with Gasteiger partial charge in [-0.25, -0.2) is 9.18 Å². The first kappa shape index (κ1) is 22.3. The number of benzene rings is 2. The molecule has 0 heterocycles. The molecule has 3 amide bonds. The van der Waals surface area contributed by atoms with E-state index in [0.29, 0.717) is 11.6 Å². The fraction of sp³-hybridized carbons (Fsp3) is 0.348. The van der Waals surface area contributed by atoms with Gasteiger partial charge in [-0.2, -0.15) is 0 Å². The molecular formula is C23H26FN3O4. The molecule has 164 valence electrons. The van der Waals surface area contributed by atoms with Crippen molar-refractivity contribution in [2.75, 3.05) is 16.0 Å². The second-order valence-electron chi connectivity index (χ2n) is 8.66. The predicted molar refractivity (Wildman–Crippen MR) is 117 cm³/mol. The predicted octanol–water partition coefficient (Wildman–Crippen LogP) is 5.02. The molecule has 0 spiro atoms. The smallest absolute Gasteiger partial charge is 0.412 e. The van der Waals surface area contributed by atoms with Crippen LogP contribution in [0.25, 0.3) is 0 Å². The summed E-state index contributed by atoms with van der Waals surface area (Å²) < 4.78 is 19.0. The zero-order chi connectivity index (χ0) is 22.8. The maximum Gasteiger partial charge on any atom is 0.412 e. The minimum absolute atomic E-state index is 0.00580. The maximum absolute atomic E-state index is 13.8. The minimum atomic E-state index is -0.728. The Morgan fingerprint density at radius 1 is 1.00 bits per heavy atom. The Balaban J connectivity index is 1.72. The topological polar surface area (TPSA) is 96.5 Å². The average molecular weight is 427 g/mol. The van der Waals surface area contributed by atoms with Crippen molar-refractivity contribution in [2.24, 2.45) is 11.8 Å². The Morgan fingerprint density at radius 3 is 2.35 bits per heavy atom. The summed E-state index contributed by atoms with van der Waals surface area (Å²) >= 11 is 0. The Labute approximate surface area is 180 Å². The first-order chi connectivity index (χ1) is 14.5. The highest BCUT2D eigenvalue weighted by Crippen LogP contribution is 2.38. The molecule has 2 atom stereocenters. The van der Waals surface area contributed by atoms with Gasteiger partial charge in [0, 0.05) is 17.2 Å². The molecule has 0 aliphatic heterocycles. The zero-order valence-electron chi connectivity index (χ0n) is 17.9. The Morgan fingerprint density at radius 2 is 1.71 bits per heavy atom. The van der Waals surface area contributed by atoms with Crippen LogP contribution >= 0.6 is 0 Å². The van der Waals surface area contributed by atoms with Crippen LogP contribution < -0.4 is 16.0 Å². The summed E-state index contributed by atoms with van der Waals surface area (Å²) in [7, 11) is 0. The highest BCUT2D eigenvalue weighted by atomic mass is 19.1. The molecule has 2 aromatic carbocycles. The van der Waals surface area contributed by atoms with Gasteiger partial charge in [0.05, 0.1) is 11.4 Å². The molecule has 3 rings (SSSR count). The summed E-state index contributed by atoms with van der Waals surface area (Å²) in [4.78, 5) is 36.9. The fourth-order valence-corrected chi connectivity index (χ4v) is 3.00. The fourth-order valence-electron chi connectivity index (χ4n) is 3.00. The van der Waals surface area contributed by atoms with Crippen molar-refractivity contribution in [3.8, 4) is 0 Å². The van der Waals surface area contributed by atoms with Gasteiger partial charge in [-0.3, -0.25) is 14.9 Å². The standard InChI is InChI=1S/C23H26FN3O4/c1-13-10-17(13)21(29)25-16-7-5-6-14(11-16)20(28)26-19-12-15(24)8-9-18(19)27-22(30)31-23(2,3)4/h5-9,11-13,17H,10H2,1-4H3,(H,25,29)(H,26,28)(H,27,30). The second kappa shape index (κ2) is 8.75. The summed E-state index contributed by atoms with van der Waals surface area (Å²) in [6.45, 7) is 7.16. The Bertz CT molecular complexity index is 1020. The molecule has 0 saturated heterocycles. The van der Waals surface area contributed by atoms with E-state index in [2.05, 4.69) is 16.0 Å². The van der Waals surface area contributed by atoms with Gasteiger partial charge in [-0.1, -0.05) is 13.0 Å². The van der Waals surface area contributed by atoms with Crippen LogP contribution in [0.15, 0.2) is 42.5 Å². The summed E-state index contributed by atoms with van der Waals surface area (Å²) in [6.07, 6.45) is 0.132. The van der Waals surface area contributed by atoms with Gasteiger partial charge in [0.15, 0.2) is 0 Å². The summed E-state index contributed by atoms with van der Waals surface area (Å²) in [5, 5.41) is 7.92. The number of carbonyl (C=O) groups excluding carboxylic acids is 3. The van der Waals surface area contributed by atoms with Crippen LogP contribution in [0, 0.1) is 17.7 Å². The molecule has 7 nitrogen and oxygen atoms in total. The Kier molecular flexibility index (Phi) is 6.29. The van der Waals surface area contributed by atoms with E-state index in [9.17, 15) is 18.8 Å². The van der Waals surface area contributed by atoms with Crippen LogP contribution in [0.1, 0.15) is 44.5 Å². The third-order valence-electron chi connectivity index (χ3n) is 4.70. The molecule has 0 bridgehead atoms. The van der Waals surface area contributed by atoms with Crippen LogP contribution in [0.3, 0.4) is 0 Å². The summed E-state index contributed by atoms with van der Waals surface area (Å²) in [5.74, 6) is -0.793. The first-order valence-electron chi connectivity index (χ1n) is 10.0.